The molecule has 2 unspecified atom stereocenters. The summed E-state index contributed by atoms with van der Waals surface area (Å²) in [4.78, 5) is 0. The smallest absolute Gasteiger partial charge is 0.0513 e. The van der Waals surface area contributed by atoms with Crippen LogP contribution in [0.5, 0.6) is 0 Å². The van der Waals surface area contributed by atoms with Gasteiger partial charge in [-0.1, -0.05) is 55.0 Å². The van der Waals surface area contributed by atoms with Gasteiger partial charge < -0.3 is 10.6 Å². The Kier molecular flexibility index (Phi) is 5.92. The van der Waals surface area contributed by atoms with Crippen molar-refractivity contribution in [1.82, 2.24) is 10.6 Å². The van der Waals surface area contributed by atoms with Crippen LogP contribution in [0.4, 0.5) is 0 Å². The summed E-state index contributed by atoms with van der Waals surface area (Å²) < 4.78 is 0. The molecule has 24 heavy (non-hydrogen) atoms. The summed E-state index contributed by atoms with van der Waals surface area (Å²) in [5, 5.41) is 7.12. The third-order valence-electron chi connectivity index (χ3n) is 5.23. The molecule has 2 N–H and O–H groups in total. The van der Waals surface area contributed by atoms with E-state index in [2.05, 4.69) is 79.3 Å². The van der Waals surface area contributed by atoms with Crippen LogP contribution in [0.25, 0.3) is 6.08 Å². The lowest BCUT2D eigenvalue weighted by molar-refractivity contribution is 0.292. The molecule has 0 bridgehead atoms. The standard InChI is InChI=1S/C22H30N2/c1-3-4-7-19-16-17(2)9-10-20(19)22(18-11-14-23-15-12-18)21-8-5-6-13-24-21/h4-10,13,16,18,21-24H,3,11-12,14-15H2,1-2H3/b7-4+. The number of piperidine rings is 1. The zero-order valence-corrected chi connectivity index (χ0v) is 15.0. The molecular formula is C22H30N2. The Hall–Kier alpha value is -1.80. The predicted octanol–water partition coefficient (Wildman–Crippen LogP) is 4.54. The molecule has 2 aliphatic heterocycles. The van der Waals surface area contributed by atoms with Gasteiger partial charge in [0.15, 0.2) is 0 Å². The minimum atomic E-state index is 0.384. The molecular weight excluding hydrogens is 292 g/mol. The number of hydrogen-bond acceptors (Lipinski definition) is 2. The average Bonchev–Trinajstić information content (AvgIpc) is 2.63. The van der Waals surface area contributed by atoms with Crippen LogP contribution in [0.1, 0.15) is 48.8 Å². The minimum absolute atomic E-state index is 0.384. The van der Waals surface area contributed by atoms with E-state index in [-0.39, 0.29) is 0 Å². The number of benzene rings is 1. The summed E-state index contributed by atoms with van der Waals surface area (Å²) in [7, 11) is 0. The number of nitrogens with one attached hydrogen (secondary N) is 2. The summed E-state index contributed by atoms with van der Waals surface area (Å²) >= 11 is 0. The summed E-state index contributed by atoms with van der Waals surface area (Å²) in [6, 6.07) is 7.37. The minimum Gasteiger partial charge on any atom is -0.384 e. The summed E-state index contributed by atoms with van der Waals surface area (Å²) in [5.41, 5.74) is 4.23. The zero-order valence-electron chi connectivity index (χ0n) is 15.0. The lowest BCUT2D eigenvalue weighted by Gasteiger charge is -2.37. The Bertz CT molecular complexity index is 621. The van der Waals surface area contributed by atoms with E-state index in [0.717, 1.165) is 25.4 Å². The fraction of sp³-hybridized carbons (Fsp3) is 0.455. The maximum atomic E-state index is 3.60. The molecule has 1 aromatic carbocycles. The van der Waals surface area contributed by atoms with E-state index in [9.17, 15) is 0 Å². The van der Waals surface area contributed by atoms with E-state index in [1.165, 1.54) is 29.5 Å². The molecule has 0 saturated carbocycles. The van der Waals surface area contributed by atoms with Gasteiger partial charge in [0, 0.05) is 5.92 Å². The molecule has 1 saturated heterocycles. The second kappa shape index (κ2) is 8.34. The molecule has 2 atom stereocenters. The van der Waals surface area contributed by atoms with Crippen LogP contribution >= 0.6 is 0 Å². The van der Waals surface area contributed by atoms with Crippen molar-refractivity contribution in [2.24, 2.45) is 5.92 Å². The van der Waals surface area contributed by atoms with Gasteiger partial charge in [0.05, 0.1) is 6.04 Å². The van der Waals surface area contributed by atoms with Gasteiger partial charge in [0.2, 0.25) is 0 Å². The van der Waals surface area contributed by atoms with Gasteiger partial charge in [-0.25, -0.2) is 0 Å². The number of aryl methyl sites for hydroxylation is 1. The third kappa shape index (κ3) is 3.99. The number of dihydropyridines is 1. The van der Waals surface area contributed by atoms with Crippen LogP contribution in [0.15, 0.2) is 48.7 Å². The maximum Gasteiger partial charge on any atom is 0.0513 e. The third-order valence-corrected chi connectivity index (χ3v) is 5.23. The normalized spacial score (nSPS) is 22.7. The van der Waals surface area contributed by atoms with E-state index in [1.54, 1.807) is 0 Å². The first-order chi connectivity index (χ1) is 11.8. The van der Waals surface area contributed by atoms with Crippen LogP contribution in [0.3, 0.4) is 0 Å². The monoisotopic (exact) mass is 322 g/mol. The Balaban J connectivity index is 1.99. The Morgan fingerprint density at radius 1 is 1.21 bits per heavy atom. The largest absolute Gasteiger partial charge is 0.384 e. The van der Waals surface area contributed by atoms with Gasteiger partial charge in [-0.05, 0) is 68.6 Å². The van der Waals surface area contributed by atoms with Crippen molar-refractivity contribution < 1.29 is 0 Å². The van der Waals surface area contributed by atoms with Gasteiger partial charge >= 0.3 is 0 Å². The van der Waals surface area contributed by atoms with E-state index < -0.39 is 0 Å². The second-order valence-corrected chi connectivity index (χ2v) is 6.99. The second-order valence-electron chi connectivity index (χ2n) is 6.99. The van der Waals surface area contributed by atoms with Crippen LogP contribution in [-0.2, 0) is 0 Å². The van der Waals surface area contributed by atoms with E-state index in [0.29, 0.717) is 12.0 Å². The van der Waals surface area contributed by atoms with Crippen LogP contribution < -0.4 is 10.6 Å². The first-order valence-electron chi connectivity index (χ1n) is 9.37. The van der Waals surface area contributed by atoms with Gasteiger partial charge in [-0.3, -0.25) is 0 Å². The Labute approximate surface area is 146 Å². The lowest BCUT2D eigenvalue weighted by atomic mass is 9.74. The van der Waals surface area contributed by atoms with Gasteiger partial charge in [0.1, 0.15) is 0 Å². The molecule has 2 nitrogen and oxygen atoms in total. The molecule has 0 spiro atoms. The fourth-order valence-electron chi connectivity index (χ4n) is 4.02. The molecule has 0 amide bonds. The number of rotatable bonds is 5. The highest BCUT2D eigenvalue weighted by molar-refractivity contribution is 5.57. The fourth-order valence-corrected chi connectivity index (χ4v) is 4.02. The summed E-state index contributed by atoms with van der Waals surface area (Å²) in [6.07, 6.45) is 16.9. The maximum absolute atomic E-state index is 3.60. The first kappa shape index (κ1) is 17.0. The molecule has 0 radical (unpaired) electrons. The SMILES string of the molecule is CC/C=C/c1cc(C)ccc1C(C1CCNCC1)C1C=CC=CN1. The van der Waals surface area contributed by atoms with Gasteiger partial charge in [0.25, 0.3) is 0 Å². The highest BCUT2D eigenvalue weighted by Crippen LogP contribution is 2.37. The summed E-state index contributed by atoms with van der Waals surface area (Å²) in [6.45, 7) is 6.67. The van der Waals surface area contributed by atoms with Crippen molar-refractivity contribution >= 4 is 6.08 Å². The molecule has 1 fully saturated rings. The van der Waals surface area contributed by atoms with E-state index in [4.69, 9.17) is 0 Å². The van der Waals surface area contributed by atoms with E-state index >= 15 is 0 Å². The molecule has 2 aliphatic rings. The first-order valence-corrected chi connectivity index (χ1v) is 9.37. The van der Waals surface area contributed by atoms with Crippen molar-refractivity contribution in [3.8, 4) is 0 Å². The molecule has 2 heteroatoms. The molecule has 3 rings (SSSR count). The Morgan fingerprint density at radius 3 is 2.75 bits per heavy atom. The number of hydrogen-bond donors (Lipinski definition) is 2. The summed E-state index contributed by atoms with van der Waals surface area (Å²) in [5.74, 6) is 1.24. The van der Waals surface area contributed by atoms with Crippen molar-refractivity contribution in [3.05, 3.63) is 65.4 Å². The highest BCUT2D eigenvalue weighted by atomic mass is 14.9. The number of allylic oxidation sites excluding steroid dienone is 3. The average molecular weight is 322 g/mol. The lowest BCUT2D eigenvalue weighted by Crippen LogP contribution is -2.39. The van der Waals surface area contributed by atoms with Gasteiger partial charge in [-0.15, -0.1) is 0 Å². The van der Waals surface area contributed by atoms with Crippen molar-refractivity contribution in [2.45, 2.75) is 45.1 Å². The van der Waals surface area contributed by atoms with Gasteiger partial charge in [-0.2, -0.15) is 0 Å². The predicted molar refractivity (Wildman–Crippen MR) is 104 cm³/mol. The quantitative estimate of drug-likeness (QED) is 0.831. The topological polar surface area (TPSA) is 24.1 Å². The highest BCUT2D eigenvalue weighted by Gasteiger charge is 2.31. The van der Waals surface area contributed by atoms with Crippen LogP contribution in [-0.4, -0.2) is 19.1 Å². The zero-order chi connectivity index (χ0) is 16.8. The Morgan fingerprint density at radius 2 is 2.04 bits per heavy atom. The van der Waals surface area contributed by atoms with Crippen molar-refractivity contribution in [2.75, 3.05) is 13.1 Å². The molecule has 128 valence electrons. The van der Waals surface area contributed by atoms with Crippen LogP contribution in [0, 0.1) is 12.8 Å². The van der Waals surface area contributed by atoms with Crippen LogP contribution in [0.2, 0.25) is 0 Å². The molecule has 0 aliphatic carbocycles. The van der Waals surface area contributed by atoms with Crippen molar-refractivity contribution in [3.63, 3.8) is 0 Å². The molecule has 1 aromatic rings. The van der Waals surface area contributed by atoms with Crippen molar-refractivity contribution in [1.29, 1.82) is 0 Å². The van der Waals surface area contributed by atoms with E-state index in [1.807, 2.05) is 0 Å². The molecule has 2 heterocycles. The molecule has 0 aromatic heterocycles.